The molecule has 0 bridgehead atoms. The smallest absolute Gasteiger partial charge is 0.238 e. The average Bonchev–Trinajstić information content (AvgIpc) is 2.92. The number of hydrogen-bond donors (Lipinski definition) is 0. The van der Waals surface area contributed by atoms with Gasteiger partial charge in [-0.3, -0.25) is 9.48 Å². The molecule has 1 atom stereocenters. The third kappa shape index (κ3) is 3.82. The quantitative estimate of drug-likeness (QED) is 0.802. The van der Waals surface area contributed by atoms with Crippen LogP contribution in [-0.2, 0) is 21.2 Å². The summed E-state index contributed by atoms with van der Waals surface area (Å²) in [6.07, 6.45) is 6.47. The fourth-order valence-corrected chi connectivity index (χ4v) is 3.26. The van der Waals surface area contributed by atoms with Crippen LogP contribution in [0, 0.1) is 0 Å². The number of hydrogen-bond acceptors (Lipinski definition) is 4. The summed E-state index contributed by atoms with van der Waals surface area (Å²) in [6, 6.07) is 1.89. The van der Waals surface area contributed by atoms with Crippen molar-refractivity contribution in [3.8, 4) is 0 Å². The molecular weight excluding hydrogens is 278 g/mol. The summed E-state index contributed by atoms with van der Waals surface area (Å²) in [5, 5.41) is 4.16. The first-order valence-corrected chi connectivity index (χ1v) is 8.81. The zero-order valence-corrected chi connectivity index (χ0v) is 12.6. The van der Waals surface area contributed by atoms with Crippen molar-refractivity contribution >= 4 is 15.7 Å². The van der Waals surface area contributed by atoms with Crippen LogP contribution in [-0.4, -0.2) is 53.1 Å². The molecule has 1 unspecified atom stereocenters. The van der Waals surface area contributed by atoms with Gasteiger partial charge in [-0.05, 0) is 25.3 Å². The number of rotatable bonds is 5. The van der Waals surface area contributed by atoms with Crippen LogP contribution in [0.5, 0.6) is 0 Å². The standard InChI is InChI=1S/C13H21N3O3S/c1-2-20(18,19)11-13(17)16-9-4-3-6-12(16)10-15-8-5-7-14-15/h5,7-8,12H,2-4,6,9-11H2,1H3. The summed E-state index contributed by atoms with van der Waals surface area (Å²) >= 11 is 0. The van der Waals surface area contributed by atoms with E-state index in [0.717, 1.165) is 19.3 Å². The molecule has 7 heteroatoms. The summed E-state index contributed by atoms with van der Waals surface area (Å²) in [7, 11) is -3.27. The predicted molar refractivity (Wildman–Crippen MR) is 75.9 cm³/mol. The molecule has 2 rings (SSSR count). The molecule has 2 heterocycles. The molecule has 0 radical (unpaired) electrons. The Morgan fingerprint density at radius 2 is 2.20 bits per heavy atom. The number of nitrogens with zero attached hydrogens (tertiary/aromatic N) is 3. The first-order chi connectivity index (χ1) is 9.52. The minimum absolute atomic E-state index is 0.0103. The van der Waals surface area contributed by atoms with E-state index in [-0.39, 0.29) is 23.5 Å². The van der Waals surface area contributed by atoms with E-state index in [1.807, 2.05) is 12.3 Å². The molecule has 1 aromatic rings. The number of carbonyl (C=O) groups is 1. The lowest BCUT2D eigenvalue weighted by Crippen LogP contribution is -2.48. The van der Waals surface area contributed by atoms with Gasteiger partial charge in [0.05, 0.1) is 12.6 Å². The van der Waals surface area contributed by atoms with E-state index in [9.17, 15) is 13.2 Å². The van der Waals surface area contributed by atoms with E-state index < -0.39 is 9.84 Å². The van der Waals surface area contributed by atoms with Crippen molar-refractivity contribution in [1.82, 2.24) is 14.7 Å². The highest BCUT2D eigenvalue weighted by molar-refractivity contribution is 7.92. The van der Waals surface area contributed by atoms with E-state index >= 15 is 0 Å². The van der Waals surface area contributed by atoms with E-state index in [1.165, 1.54) is 0 Å². The van der Waals surface area contributed by atoms with Crippen LogP contribution in [0.3, 0.4) is 0 Å². The summed E-state index contributed by atoms with van der Waals surface area (Å²) in [6.45, 7) is 2.84. The Labute approximate surface area is 119 Å². The molecular formula is C13H21N3O3S. The summed E-state index contributed by atoms with van der Waals surface area (Å²) in [4.78, 5) is 13.9. The highest BCUT2D eigenvalue weighted by Gasteiger charge is 2.29. The lowest BCUT2D eigenvalue weighted by molar-refractivity contribution is -0.132. The van der Waals surface area contributed by atoms with Crippen molar-refractivity contribution in [2.45, 2.75) is 38.8 Å². The normalized spacial score (nSPS) is 20.1. The van der Waals surface area contributed by atoms with Gasteiger partial charge >= 0.3 is 0 Å². The SMILES string of the molecule is CCS(=O)(=O)CC(=O)N1CCCCC1Cn1cccn1. The Morgan fingerprint density at radius 3 is 2.85 bits per heavy atom. The van der Waals surface area contributed by atoms with E-state index in [1.54, 1.807) is 22.7 Å². The second kappa shape index (κ2) is 6.39. The van der Waals surface area contributed by atoms with Crippen LogP contribution in [0.2, 0.25) is 0 Å². The van der Waals surface area contributed by atoms with Gasteiger partial charge < -0.3 is 4.90 Å². The van der Waals surface area contributed by atoms with Gasteiger partial charge in [0, 0.05) is 24.7 Å². The molecule has 0 aromatic carbocycles. The minimum Gasteiger partial charge on any atom is -0.337 e. The van der Waals surface area contributed by atoms with Crippen LogP contribution in [0.15, 0.2) is 18.5 Å². The maximum atomic E-state index is 12.2. The van der Waals surface area contributed by atoms with Gasteiger partial charge in [0.15, 0.2) is 9.84 Å². The van der Waals surface area contributed by atoms with Crippen molar-refractivity contribution in [3.05, 3.63) is 18.5 Å². The zero-order valence-electron chi connectivity index (χ0n) is 11.7. The molecule has 0 aliphatic carbocycles. The van der Waals surface area contributed by atoms with E-state index in [2.05, 4.69) is 5.10 Å². The van der Waals surface area contributed by atoms with Crippen molar-refractivity contribution in [2.75, 3.05) is 18.1 Å². The van der Waals surface area contributed by atoms with Gasteiger partial charge in [0.2, 0.25) is 5.91 Å². The maximum Gasteiger partial charge on any atom is 0.238 e. The number of piperidine rings is 1. The molecule has 0 spiro atoms. The molecule has 0 saturated carbocycles. The number of amides is 1. The monoisotopic (exact) mass is 299 g/mol. The van der Waals surface area contributed by atoms with Crippen LogP contribution in [0.4, 0.5) is 0 Å². The Hall–Kier alpha value is -1.37. The maximum absolute atomic E-state index is 12.2. The second-order valence-electron chi connectivity index (χ2n) is 5.14. The Balaban J connectivity index is 2.04. The molecule has 1 aliphatic heterocycles. The van der Waals surface area contributed by atoms with Crippen molar-refractivity contribution in [3.63, 3.8) is 0 Å². The topological polar surface area (TPSA) is 72.3 Å². The number of aromatic nitrogens is 2. The fraction of sp³-hybridized carbons (Fsp3) is 0.692. The Bertz CT molecular complexity index is 539. The van der Waals surface area contributed by atoms with Crippen molar-refractivity contribution in [2.24, 2.45) is 0 Å². The highest BCUT2D eigenvalue weighted by atomic mass is 32.2. The van der Waals surface area contributed by atoms with Crippen molar-refractivity contribution in [1.29, 1.82) is 0 Å². The lowest BCUT2D eigenvalue weighted by atomic mass is 10.0. The predicted octanol–water partition coefficient (Wildman–Crippen LogP) is 0.699. The van der Waals surface area contributed by atoms with Gasteiger partial charge in [-0.15, -0.1) is 0 Å². The zero-order chi connectivity index (χ0) is 14.6. The fourth-order valence-electron chi connectivity index (χ4n) is 2.52. The first kappa shape index (κ1) is 15.0. The highest BCUT2D eigenvalue weighted by Crippen LogP contribution is 2.19. The van der Waals surface area contributed by atoms with Crippen LogP contribution < -0.4 is 0 Å². The van der Waals surface area contributed by atoms with Gasteiger partial charge in [0.25, 0.3) is 0 Å². The summed E-state index contributed by atoms with van der Waals surface area (Å²) < 4.78 is 25.0. The lowest BCUT2D eigenvalue weighted by Gasteiger charge is -2.35. The average molecular weight is 299 g/mol. The van der Waals surface area contributed by atoms with E-state index in [4.69, 9.17) is 0 Å². The number of likely N-dealkylation sites (tertiary alicyclic amines) is 1. The molecule has 1 aromatic heterocycles. The Morgan fingerprint density at radius 1 is 1.40 bits per heavy atom. The number of sulfone groups is 1. The van der Waals surface area contributed by atoms with Gasteiger partial charge in [0.1, 0.15) is 5.75 Å². The first-order valence-electron chi connectivity index (χ1n) is 6.99. The third-order valence-electron chi connectivity index (χ3n) is 3.69. The molecule has 1 fully saturated rings. The molecule has 0 N–H and O–H groups in total. The third-order valence-corrected chi connectivity index (χ3v) is 5.25. The second-order valence-corrected chi connectivity index (χ2v) is 7.49. The number of carbonyl (C=O) groups excluding carboxylic acids is 1. The molecule has 1 aliphatic rings. The van der Waals surface area contributed by atoms with E-state index in [0.29, 0.717) is 13.1 Å². The molecule has 6 nitrogen and oxygen atoms in total. The molecule has 112 valence electrons. The summed E-state index contributed by atoms with van der Waals surface area (Å²) in [5.41, 5.74) is 0. The van der Waals surface area contributed by atoms with Gasteiger partial charge in [-0.25, -0.2) is 8.42 Å². The van der Waals surface area contributed by atoms with Gasteiger partial charge in [-0.1, -0.05) is 6.92 Å². The van der Waals surface area contributed by atoms with Crippen LogP contribution in [0.25, 0.3) is 0 Å². The van der Waals surface area contributed by atoms with Crippen molar-refractivity contribution < 1.29 is 13.2 Å². The molecule has 1 saturated heterocycles. The van der Waals surface area contributed by atoms with Crippen LogP contribution >= 0.6 is 0 Å². The largest absolute Gasteiger partial charge is 0.337 e. The van der Waals surface area contributed by atoms with Crippen LogP contribution in [0.1, 0.15) is 26.2 Å². The van der Waals surface area contributed by atoms with Gasteiger partial charge in [-0.2, -0.15) is 5.10 Å². The molecule has 1 amide bonds. The molecule has 20 heavy (non-hydrogen) atoms. The minimum atomic E-state index is -3.27. The Kier molecular flexibility index (Phi) is 4.80. The summed E-state index contributed by atoms with van der Waals surface area (Å²) in [5.74, 6) is -0.640.